The third kappa shape index (κ3) is 25.7. The Labute approximate surface area is 696 Å². The number of benzene rings is 10. The molecule has 1 aliphatic heterocycles. The Bertz CT molecular complexity index is 3800. The van der Waals surface area contributed by atoms with Gasteiger partial charge in [-0.1, -0.05) is 329 Å². The normalized spacial score (nSPS) is 11.7. The van der Waals surface area contributed by atoms with Gasteiger partial charge in [-0.15, -0.1) is 22.7 Å². The molecule has 8 nitrogen and oxygen atoms in total. The van der Waals surface area contributed by atoms with Crippen LogP contribution < -0.4 is 49.6 Å². The zero-order valence-electron chi connectivity index (χ0n) is 64.0. The molecule has 0 atom stereocenters. The van der Waals surface area contributed by atoms with Crippen molar-refractivity contribution in [2.75, 3.05) is 10.7 Å². The number of alkyl halides is 4. The van der Waals surface area contributed by atoms with Crippen LogP contribution in [0, 0.1) is 21.6 Å². The second-order valence-electron chi connectivity index (χ2n) is 27.7. The SMILES string of the molecule is C1[Cl+]C[Cl+]1.CC(C)c1cccc(C(C)C)c1N=Cc1ccccc1[N-]c1ccccc1[N-]c1ccccc1C=Nc1c(C(C)C)cccc1C(C)C.CC(C)c1cccc(C(C)C)c1N=Cc1ccccc1[N-]c1ccccc1[N-]c1ccccc1C=Nc1c(C(C)C)cccc1C(C)C.[Cl-].[Cl-].[Cl-].[Cl-].[Ti+3].[Ti+3]. The topological polar surface area (TPSA) is 106 Å². The standard InChI is InChI=1S/2C44H48N4.C2H4Cl2.4ClH.2Ti/c2*1-29(2)35-19-15-20-36(30(3)4)43(35)45-27-33-17-9-11-23-39(33)47-41-25-13-14-26-42(41)48-40-24-12-10-18-34(40)28-46-44-37(31(5)6)21-16-22-38(44)32(7)8;1-3-2-4-1;;;;;;/h2*9-32H,1-8H3;1-2H2;4*1H;;/q2*-2;+2;;;;;2*+3/p-4. The minimum absolute atomic E-state index is 0. The fraction of sp³-hybridized carbons (Fsp3) is 0.289. The molecule has 1 heterocycles. The van der Waals surface area contributed by atoms with Crippen LogP contribution in [0.1, 0.15) is 225 Å². The molecule has 1 fully saturated rings. The van der Waals surface area contributed by atoms with Gasteiger partial charge in [0, 0.05) is 24.9 Å². The van der Waals surface area contributed by atoms with Crippen LogP contribution in [0.2, 0.25) is 0 Å². The van der Waals surface area contributed by atoms with Crippen molar-refractivity contribution < 1.29 is 115 Å². The largest absolute Gasteiger partial charge is 3.00 e. The maximum atomic E-state index is 5.13. The molecule has 1 saturated heterocycles. The van der Waals surface area contributed by atoms with E-state index in [1.807, 2.05) is 146 Å². The smallest absolute Gasteiger partial charge is 1.00 e. The van der Waals surface area contributed by atoms with Crippen LogP contribution in [0.4, 0.5) is 68.2 Å². The van der Waals surface area contributed by atoms with Crippen LogP contribution in [-0.4, -0.2) is 35.5 Å². The van der Waals surface area contributed by atoms with Gasteiger partial charge in [-0.3, -0.25) is 20.0 Å². The van der Waals surface area contributed by atoms with Crippen LogP contribution in [0.5, 0.6) is 0 Å². The molecule has 0 N–H and O–H groups in total. The molecule has 0 spiro atoms. The summed E-state index contributed by atoms with van der Waals surface area (Å²) in [6, 6.07) is 74.8. The molecule has 106 heavy (non-hydrogen) atoms. The first kappa shape index (κ1) is 93.5. The summed E-state index contributed by atoms with van der Waals surface area (Å²) < 4.78 is 0. The molecule has 550 valence electrons. The fourth-order valence-electron chi connectivity index (χ4n) is 11.9. The van der Waals surface area contributed by atoms with Crippen molar-refractivity contribution in [2.24, 2.45) is 20.0 Å². The van der Waals surface area contributed by atoms with E-state index in [9.17, 15) is 0 Å². The van der Waals surface area contributed by atoms with Crippen molar-refractivity contribution in [1.29, 1.82) is 0 Å². The summed E-state index contributed by atoms with van der Waals surface area (Å²) in [6.45, 7) is 35.5. The molecule has 16 heteroatoms. The molecule has 0 saturated carbocycles. The van der Waals surface area contributed by atoms with Gasteiger partial charge in [0.15, 0.2) is 0 Å². The molecular formula is C90H100Cl6N8Ti2. The van der Waals surface area contributed by atoms with Crippen molar-refractivity contribution in [1.82, 2.24) is 0 Å². The summed E-state index contributed by atoms with van der Waals surface area (Å²) in [5.74, 6) is 3.00. The maximum Gasteiger partial charge on any atom is 3.00 e. The Morgan fingerprint density at radius 1 is 0.226 bits per heavy atom. The van der Waals surface area contributed by atoms with Gasteiger partial charge in [0.25, 0.3) is 21.6 Å². The summed E-state index contributed by atoms with van der Waals surface area (Å²) >= 11 is 0. The monoisotopic (exact) mass is 1600 g/mol. The molecule has 10 aromatic carbocycles. The number of nitrogens with zero attached hydrogens (tertiary/aromatic N) is 8. The van der Waals surface area contributed by atoms with Crippen molar-refractivity contribution in [3.8, 4) is 0 Å². The molecule has 1 aliphatic rings. The minimum Gasteiger partial charge on any atom is -1.00 e. The summed E-state index contributed by atoms with van der Waals surface area (Å²) in [5, 5.41) is 23.0. The summed E-state index contributed by atoms with van der Waals surface area (Å²) in [7, 11) is 4.67. The molecule has 11 rings (SSSR count). The molecule has 10 aromatic rings. The minimum atomic E-state index is 0. The van der Waals surface area contributed by atoms with Gasteiger partial charge in [0.2, 0.25) is 0 Å². The summed E-state index contributed by atoms with van der Waals surface area (Å²) in [4.78, 5) is 20.3. The quantitative estimate of drug-likeness (QED) is 0.0327. The fourth-order valence-corrected chi connectivity index (χ4v) is 12.4. The Hall–Kier alpha value is -6.75. The van der Waals surface area contributed by atoms with Gasteiger partial charge >= 0.3 is 54.1 Å². The van der Waals surface area contributed by atoms with E-state index >= 15 is 0 Å². The van der Waals surface area contributed by atoms with Crippen molar-refractivity contribution in [3.63, 3.8) is 0 Å². The first-order valence-corrected chi connectivity index (χ1v) is 37.6. The summed E-state index contributed by atoms with van der Waals surface area (Å²) in [6.07, 6.45) is 7.82. The number of halogens is 6. The number of hydrogen-bond acceptors (Lipinski definition) is 4. The Morgan fingerprint density at radius 2 is 0.368 bits per heavy atom. The van der Waals surface area contributed by atoms with E-state index in [4.69, 9.17) is 41.2 Å². The van der Waals surface area contributed by atoms with Gasteiger partial charge in [0.1, 0.15) is 0 Å². The van der Waals surface area contributed by atoms with Crippen molar-refractivity contribution in [2.45, 2.75) is 158 Å². The Balaban J connectivity index is 0.000000495. The van der Waals surface area contributed by atoms with E-state index < -0.39 is 0 Å². The van der Waals surface area contributed by atoms with Crippen molar-refractivity contribution in [3.05, 3.63) is 306 Å². The molecule has 0 aliphatic carbocycles. The average molecular weight is 1600 g/mol. The van der Waals surface area contributed by atoms with Gasteiger partial charge in [-0.05, 0) is 114 Å². The van der Waals surface area contributed by atoms with E-state index in [0.29, 0.717) is 47.3 Å². The summed E-state index contributed by atoms with van der Waals surface area (Å²) in [5.41, 5.74) is 24.7. The zero-order valence-corrected chi connectivity index (χ0v) is 71.6. The number of aliphatic imine (C=N–C) groups is 4. The van der Waals surface area contributed by atoms with Crippen LogP contribution in [0.25, 0.3) is 21.3 Å². The van der Waals surface area contributed by atoms with E-state index in [1.54, 1.807) is 0 Å². The van der Waals surface area contributed by atoms with E-state index in [2.05, 4.69) is 229 Å². The maximum absolute atomic E-state index is 5.13. The Morgan fingerprint density at radius 3 is 0.509 bits per heavy atom. The molecule has 2 radical (unpaired) electrons. The molecule has 0 amide bonds. The van der Waals surface area contributed by atoms with Crippen molar-refractivity contribution >= 4 is 93.1 Å². The molecule has 0 unspecified atom stereocenters. The van der Waals surface area contributed by atoms with Crippen LogP contribution in [-0.2, 0) is 43.4 Å². The second-order valence-corrected chi connectivity index (χ2v) is 30.0. The molecule has 0 bridgehead atoms. The van der Waals surface area contributed by atoms with E-state index in [0.717, 1.165) is 90.5 Å². The number of rotatable bonds is 24. The third-order valence-corrected chi connectivity index (χ3v) is 19.7. The van der Waals surface area contributed by atoms with Crippen LogP contribution in [0.15, 0.2) is 238 Å². The first-order chi connectivity index (χ1) is 48.3. The second kappa shape index (κ2) is 46.6. The van der Waals surface area contributed by atoms with Gasteiger partial charge < -0.3 is 70.9 Å². The first-order valence-electron chi connectivity index (χ1n) is 35.4. The molecule has 0 aromatic heterocycles. The van der Waals surface area contributed by atoms with Gasteiger partial charge in [0.05, 0.1) is 22.7 Å². The van der Waals surface area contributed by atoms with E-state index in [1.165, 1.54) is 55.2 Å². The number of para-hydroxylation sites is 12. The van der Waals surface area contributed by atoms with E-state index in [-0.39, 0.29) is 93.1 Å². The van der Waals surface area contributed by atoms with Gasteiger partial charge in [-0.2, -0.15) is 22.7 Å². The predicted molar refractivity (Wildman–Crippen MR) is 427 cm³/mol. The molecular weight excluding hydrogens is 1500 g/mol. The zero-order chi connectivity index (χ0) is 71.2. The van der Waals surface area contributed by atoms with Crippen LogP contribution >= 0.6 is 0 Å². The predicted octanol–water partition coefficient (Wildman–Crippen LogP) is 16.8. The van der Waals surface area contributed by atoms with Crippen LogP contribution in [0.3, 0.4) is 0 Å². The Kier molecular flexibility index (Phi) is 41.1. The average Bonchev–Trinajstić information content (AvgIpc) is 0.809. The third-order valence-electron chi connectivity index (χ3n) is 17.5. The van der Waals surface area contributed by atoms with Gasteiger partial charge in [-0.25, -0.2) is 0 Å². The number of hydrogen-bond donors (Lipinski definition) is 0.